The largest absolute Gasteiger partial charge is 0.187 e. The lowest BCUT2D eigenvalue weighted by atomic mass is 10.0. The van der Waals surface area contributed by atoms with Gasteiger partial charge in [0, 0.05) is 0 Å². The average molecular weight is 144 g/mol. The summed E-state index contributed by atoms with van der Waals surface area (Å²) in [5.74, 6) is 0.954. The molecule has 0 fully saturated rings. The number of rotatable bonds is 4. The summed E-state index contributed by atoms with van der Waals surface area (Å²) in [6.07, 6.45) is 5.53. The first kappa shape index (κ1) is 12.2. The van der Waals surface area contributed by atoms with Crippen LogP contribution in [0.4, 0.5) is 0 Å². The maximum absolute atomic E-state index is 2.33. The fourth-order valence-electron chi connectivity index (χ4n) is 0.757. The van der Waals surface area contributed by atoms with E-state index in [0.29, 0.717) is 0 Å². The van der Waals surface area contributed by atoms with Gasteiger partial charge in [-0.2, -0.15) is 0 Å². The molecule has 0 heterocycles. The predicted octanol–water partition coefficient (Wildman–Crippen LogP) is 2.04. The Morgan fingerprint density at radius 2 is 1.78 bits per heavy atom. The third kappa shape index (κ3) is 8.53. The van der Waals surface area contributed by atoms with Gasteiger partial charge in [0.1, 0.15) is 0 Å². The summed E-state index contributed by atoms with van der Waals surface area (Å²) in [5, 5.41) is 0. The third-order valence-electron chi connectivity index (χ3n) is 1.75. The molecule has 0 aliphatic heterocycles. The quantitative estimate of drug-likeness (QED) is 0.530. The van der Waals surface area contributed by atoms with Gasteiger partial charge in [0.05, 0.1) is 0 Å². The SMILES string of the molecule is CCCCC(C)CC.[AlH3]. The molecule has 0 N–H and O–H groups in total. The Labute approximate surface area is 70.2 Å². The van der Waals surface area contributed by atoms with Gasteiger partial charge in [0.2, 0.25) is 0 Å². The summed E-state index contributed by atoms with van der Waals surface area (Å²) in [6, 6.07) is 0. The zero-order valence-electron chi connectivity index (χ0n) is 6.41. The van der Waals surface area contributed by atoms with Crippen molar-refractivity contribution < 1.29 is 0 Å². The highest BCUT2D eigenvalue weighted by atomic mass is 27.0. The van der Waals surface area contributed by atoms with Crippen molar-refractivity contribution in [2.24, 2.45) is 5.92 Å². The van der Waals surface area contributed by atoms with E-state index >= 15 is 0 Å². The minimum Gasteiger partial charge on any atom is -0.0654 e. The van der Waals surface area contributed by atoms with Crippen LogP contribution >= 0.6 is 0 Å². The molecule has 0 rings (SSSR count). The van der Waals surface area contributed by atoms with Gasteiger partial charge >= 0.3 is 0 Å². The van der Waals surface area contributed by atoms with Crippen LogP contribution in [0.25, 0.3) is 0 Å². The van der Waals surface area contributed by atoms with E-state index in [4.69, 9.17) is 0 Å². The Bertz CT molecular complexity index is 43.8. The summed E-state index contributed by atoms with van der Waals surface area (Å²) >= 11 is 0. The fraction of sp³-hybridized carbons (Fsp3) is 1.00. The van der Waals surface area contributed by atoms with Crippen molar-refractivity contribution in [2.75, 3.05) is 0 Å². The summed E-state index contributed by atoms with van der Waals surface area (Å²) in [6.45, 7) is 6.85. The smallest absolute Gasteiger partial charge is 0.0654 e. The second kappa shape index (κ2) is 8.53. The van der Waals surface area contributed by atoms with Gasteiger partial charge in [-0.25, -0.2) is 0 Å². The normalized spacial score (nSPS) is 12.3. The van der Waals surface area contributed by atoms with Crippen LogP contribution in [0, 0.1) is 5.92 Å². The molecule has 1 unspecified atom stereocenters. The van der Waals surface area contributed by atoms with Crippen LogP contribution < -0.4 is 0 Å². The third-order valence-corrected chi connectivity index (χ3v) is 1.75. The van der Waals surface area contributed by atoms with Crippen molar-refractivity contribution in [3.05, 3.63) is 0 Å². The summed E-state index contributed by atoms with van der Waals surface area (Å²) in [4.78, 5) is 0. The molecular formula is C8H21Al. The van der Waals surface area contributed by atoms with E-state index in [2.05, 4.69) is 20.8 Å². The minimum absolute atomic E-state index is 0. The Morgan fingerprint density at radius 3 is 2.11 bits per heavy atom. The van der Waals surface area contributed by atoms with Gasteiger partial charge in [0.15, 0.2) is 17.4 Å². The van der Waals surface area contributed by atoms with Crippen molar-refractivity contribution in [1.82, 2.24) is 0 Å². The zero-order valence-corrected chi connectivity index (χ0v) is 6.41. The Balaban J connectivity index is 0. The molecule has 0 aromatic rings. The first-order valence-electron chi connectivity index (χ1n) is 3.81. The molecule has 56 valence electrons. The Morgan fingerprint density at radius 1 is 1.22 bits per heavy atom. The van der Waals surface area contributed by atoms with Crippen molar-refractivity contribution >= 4 is 17.4 Å². The molecule has 0 aliphatic rings. The second-order valence-electron chi connectivity index (χ2n) is 2.66. The first-order valence-corrected chi connectivity index (χ1v) is 3.81. The standard InChI is InChI=1S/C8H18.Al.3H/c1-4-6-7-8(3)5-2;;;;/h8H,4-7H2,1-3H3;;;;. The lowest BCUT2D eigenvalue weighted by Gasteiger charge is -2.04. The van der Waals surface area contributed by atoms with Crippen molar-refractivity contribution in [3.63, 3.8) is 0 Å². The van der Waals surface area contributed by atoms with Gasteiger partial charge in [0.25, 0.3) is 0 Å². The molecule has 9 heavy (non-hydrogen) atoms. The molecule has 0 bridgehead atoms. The average Bonchev–Trinajstić information content (AvgIpc) is 1.83. The topological polar surface area (TPSA) is 0 Å². The summed E-state index contributed by atoms with van der Waals surface area (Å²) in [7, 11) is 0. The maximum Gasteiger partial charge on any atom is 0.187 e. The molecule has 0 aromatic heterocycles. The molecule has 0 amide bonds. The van der Waals surface area contributed by atoms with Crippen LogP contribution in [0.5, 0.6) is 0 Å². The van der Waals surface area contributed by atoms with Crippen LogP contribution in [0.2, 0.25) is 0 Å². The first-order chi connectivity index (χ1) is 3.81. The van der Waals surface area contributed by atoms with Crippen LogP contribution in [-0.4, -0.2) is 17.4 Å². The second-order valence-corrected chi connectivity index (χ2v) is 2.66. The zero-order chi connectivity index (χ0) is 6.41. The van der Waals surface area contributed by atoms with Gasteiger partial charge in [-0.1, -0.05) is 46.5 Å². The van der Waals surface area contributed by atoms with Gasteiger partial charge in [-0.05, 0) is 5.92 Å². The van der Waals surface area contributed by atoms with E-state index in [-0.39, 0.29) is 17.4 Å². The number of unbranched alkanes of at least 4 members (excludes halogenated alkanes) is 1. The number of hydrogen-bond donors (Lipinski definition) is 0. The van der Waals surface area contributed by atoms with Gasteiger partial charge < -0.3 is 0 Å². The van der Waals surface area contributed by atoms with E-state index in [1.807, 2.05) is 0 Å². The van der Waals surface area contributed by atoms with E-state index in [1.54, 1.807) is 0 Å². The molecule has 0 spiro atoms. The van der Waals surface area contributed by atoms with Crippen molar-refractivity contribution in [1.29, 1.82) is 0 Å². The molecule has 0 aliphatic carbocycles. The van der Waals surface area contributed by atoms with Crippen LogP contribution in [0.1, 0.15) is 46.5 Å². The highest BCUT2D eigenvalue weighted by Gasteiger charge is 1.94. The molecule has 0 saturated heterocycles. The van der Waals surface area contributed by atoms with Crippen LogP contribution in [0.15, 0.2) is 0 Å². The minimum atomic E-state index is 0. The molecular weight excluding hydrogens is 123 g/mol. The predicted molar refractivity (Wildman–Crippen MR) is 48.9 cm³/mol. The fourth-order valence-corrected chi connectivity index (χ4v) is 0.757. The monoisotopic (exact) mass is 144 g/mol. The Hall–Kier alpha value is 0.532. The van der Waals surface area contributed by atoms with Crippen molar-refractivity contribution in [2.45, 2.75) is 46.5 Å². The highest BCUT2D eigenvalue weighted by Crippen LogP contribution is 2.09. The van der Waals surface area contributed by atoms with Crippen LogP contribution in [-0.2, 0) is 0 Å². The molecule has 1 atom stereocenters. The van der Waals surface area contributed by atoms with Crippen LogP contribution in [0.3, 0.4) is 0 Å². The van der Waals surface area contributed by atoms with Crippen molar-refractivity contribution in [3.8, 4) is 0 Å². The van der Waals surface area contributed by atoms with E-state index < -0.39 is 0 Å². The Kier molecular flexibility index (Phi) is 11.6. The lowest BCUT2D eigenvalue weighted by molar-refractivity contribution is 0.492. The molecule has 0 nitrogen and oxygen atoms in total. The summed E-state index contributed by atoms with van der Waals surface area (Å²) in [5.41, 5.74) is 0. The number of hydrogen-bond acceptors (Lipinski definition) is 0. The molecule has 0 saturated carbocycles. The summed E-state index contributed by atoms with van der Waals surface area (Å²) < 4.78 is 0. The van der Waals surface area contributed by atoms with Gasteiger partial charge in [-0.3, -0.25) is 0 Å². The highest BCUT2D eigenvalue weighted by molar-refractivity contribution is 5.75. The molecule has 0 aromatic carbocycles. The van der Waals surface area contributed by atoms with E-state index in [1.165, 1.54) is 25.7 Å². The molecule has 0 radical (unpaired) electrons. The van der Waals surface area contributed by atoms with Gasteiger partial charge in [-0.15, -0.1) is 0 Å². The van der Waals surface area contributed by atoms with E-state index in [9.17, 15) is 0 Å². The lowest BCUT2D eigenvalue weighted by Crippen LogP contribution is -1.89. The van der Waals surface area contributed by atoms with E-state index in [0.717, 1.165) is 5.92 Å². The molecule has 1 heteroatoms. The maximum atomic E-state index is 2.33.